The quantitative estimate of drug-likeness (QED) is 0.121. The maximum absolute atomic E-state index is 14.9. The van der Waals surface area contributed by atoms with Crippen LogP contribution in [0, 0.1) is 34.9 Å². The fourth-order valence-corrected chi connectivity index (χ4v) is 4.20. The van der Waals surface area contributed by atoms with Crippen LogP contribution in [0.2, 0.25) is 0 Å². The average Bonchev–Trinajstić information content (AvgIpc) is 2.87. The second-order valence-electron chi connectivity index (χ2n) is 9.14. The molecule has 0 spiro atoms. The number of esters is 1. The van der Waals surface area contributed by atoms with Crippen molar-refractivity contribution in [3.8, 4) is 28.0 Å². The predicted octanol–water partition coefficient (Wildman–Crippen LogP) is 9.60. The molecule has 0 radical (unpaired) electrons. The van der Waals surface area contributed by atoms with Crippen LogP contribution >= 0.6 is 0 Å². The number of benzene rings is 4. The summed E-state index contributed by atoms with van der Waals surface area (Å²) in [7, 11) is 0. The van der Waals surface area contributed by atoms with Crippen LogP contribution in [0.3, 0.4) is 0 Å². The lowest BCUT2D eigenvalue weighted by atomic mass is 9.98. The lowest BCUT2D eigenvalue weighted by Gasteiger charge is -2.11. The van der Waals surface area contributed by atoms with E-state index in [2.05, 4.69) is 0 Å². The van der Waals surface area contributed by atoms with Crippen molar-refractivity contribution in [1.29, 1.82) is 0 Å². The van der Waals surface area contributed by atoms with Crippen LogP contribution in [0.1, 0.15) is 34.8 Å². The summed E-state index contributed by atoms with van der Waals surface area (Å²) in [6.45, 7) is 1.81. The van der Waals surface area contributed by atoms with Gasteiger partial charge in [-0.05, 0) is 71.7 Å². The van der Waals surface area contributed by atoms with Crippen molar-refractivity contribution in [2.75, 3.05) is 0 Å². The Labute approximate surface area is 233 Å². The zero-order valence-corrected chi connectivity index (χ0v) is 21.6. The summed E-state index contributed by atoms with van der Waals surface area (Å²) in [6.07, 6.45) is -3.91. The zero-order valence-electron chi connectivity index (χ0n) is 21.6. The molecule has 0 heterocycles. The van der Waals surface area contributed by atoms with Crippen LogP contribution in [0.15, 0.2) is 66.7 Å². The third-order valence-electron chi connectivity index (χ3n) is 6.10. The zero-order chi connectivity index (χ0) is 30.8. The molecule has 0 saturated carbocycles. The van der Waals surface area contributed by atoms with Gasteiger partial charge in [0, 0.05) is 28.8 Å². The molecule has 0 saturated heterocycles. The molecule has 2 nitrogen and oxygen atoms in total. The molecule has 4 aromatic rings. The summed E-state index contributed by atoms with van der Waals surface area (Å²) in [4.78, 5) is 12.4. The summed E-state index contributed by atoms with van der Waals surface area (Å²) < 4.78 is 129. The number of hydrogen-bond acceptors (Lipinski definition) is 2. The Kier molecular flexibility index (Phi) is 8.79. The molecule has 11 heteroatoms. The van der Waals surface area contributed by atoms with Crippen LogP contribution in [-0.4, -0.2) is 12.1 Å². The van der Waals surface area contributed by atoms with Crippen LogP contribution < -0.4 is 4.74 Å². The highest BCUT2D eigenvalue weighted by Gasteiger charge is 2.24. The number of halogens is 9. The van der Waals surface area contributed by atoms with E-state index in [9.17, 15) is 44.3 Å². The summed E-state index contributed by atoms with van der Waals surface area (Å²) in [5.41, 5.74) is -2.40. The second kappa shape index (κ2) is 12.1. The van der Waals surface area contributed by atoms with Gasteiger partial charge in [0.15, 0.2) is 0 Å². The van der Waals surface area contributed by atoms with Gasteiger partial charge in [0.25, 0.3) is 0 Å². The first-order chi connectivity index (χ1) is 19.8. The Morgan fingerprint density at radius 2 is 1.26 bits per heavy atom. The van der Waals surface area contributed by atoms with Crippen molar-refractivity contribution in [2.45, 2.75) is 25.9 Å². The molecule has 0 N–H and O–H groups in total. The van der Waals surface area contributed by atoms with E-state index >= 15 is 0 Å². The number of ether oxygens (including phenoxy) is 1. The monoisotopic (exact) mass is 594 g/mol. The summed E-state index contributed by atoms with van der Waals surface area (Å²) in [6, 6.07) is 9.47. The van der Waals surface area contributed by atoms with Crippen LogP contribution in [0.25, 0.3) is 28.3 Å². The van der Waals surface area contributed by atoms with Crippen molar-refractivity contribution in [3.05, 3.63) is 118 Å². The molecule has 0 bridgehead atoms. The first kappa shape index (κ1) is 30.4. The van der Waals surface area contributed by atoms with Crippen LogP contribution in [-0.2, 0) is 6.42 Å². The maximum Gasteiger partial charge on any atom is 0.409 e. The third-order valence-corrected chi connectivity index (χ3v) is 6.10. The minimum Gasteiger partial charge on any atom is -0.423 e. The number of rotatable bonds is 7. The normalized spacial score (nSPS) is 11.8. The Balaban J connectivity index is 1.57. The summed E-state index contributed by atoms with van der Waals surface area (Å²) in [5, 5.41) is 0. The maximum atomic E-state index is 14.9. The fourth-order valence-electron chi connectivity index (χ4n) is 4.20. The second-order valence-corrected chi connectivity index (χ2v) is 9.14. The minimum absolute atomic E-state index is 0.0269. The van der Waals surface area contributed by atoms with Crippen molar-refractivity contribution < 1.29 is 49.0 Å². The van der Waals surface area contributed by atoms with Crippen molar-refractivity contribution in [3.63, 3.8) is 0 Å². The Morgan fingerprint density at radius 3 is 1.81 bits per heavy atom. The molecule has 4 rings (SSSR count). The third kappa shape index (κ3) is 6.84. The van der Waals surface area contributed by atoms with Gasteiger partial charge in [0.1, 0.15) is 46.2 Å². The molecule has 218 valence electrons. The van der Waals surface area contributed by atoms with Gasteiger partial charge < -0.3 is 4.74 Å². The molecule has 0 aromatic heterocycles. The van der Waals surface area contributed by atoms with Crippen LogP contribution in [0.5, 0.6) is 5.75 Å². The van der Waals surface area contributed by atoms with Crippen molar-refractivity contribution in [1.82, 2.24) is 0 Å². The number of alkyl halides is 3. The molecule has 0 amide bonds. The number of aryl methyl sites for hydroxylation is 1. The number of hydrogen-bond donors (Lipinski definition) is 0. The van der Waals surface area contributed by atoms with E-state index in [1.54, 1.807) is 0 Å². The van der Waals surface area contributed by atoms with Gasteiger partial charge in [-0.2, -0.15) is 13.2 Å². The predicted molar refractivity (Wildman–Crippen MR) is 138 cm³/mol. The van der Waals surface area contributed by atoms with Gasteiger partial charge in [-0.25, -0.2) is 31.1 Å². The molecule has 0 aliphatic heterocycles. The lowest BCUT2D eigenvalue weighted by Crippen LogP contribution is -2.14. The smallest absolute Gasteiger partial charge is 0.409 e. The minimum atomic E-state index is -4.80. The van der Waals surface area contributed by atoms with Gasteiger partial charge in [0.05, 0.1) is 0 Å². The van der Waals surface area contributed by atoms with Gasteiger partial charge in [-0.15, -0.1) is 0 Å². The molecule has 4 aromatic carbocycles. The number of carbonyl (C=O) groups excluding carboxylic acids is 1. The molecular formula is C31H19F9O2. The standard InChI is InChI=1S/C31H19F9O2/c1-2-3-16-10-27(36)29(28(37)11-16)30(41)42-19-5-7-20(26(35)15-19)17-4-6-21(23(32)12-17)18-13-24(33)22(25(34)14-18)8-9-31(38,39)40/h4-15H,2-3H2,1H3/b9-8+. The molecule has 0 aliphatic rings. The summed E-state index contributed by atoms with van der Waals surface area (Å²) in [5.74, 6) is -8.80. The number of allylic oxidation sites excluding steroid dienone is 1. The molecule has 0 fully saturated rings. The summed E-state index contributed by atoms with van der Waals surface area (Å²) >= 11 is 0. The van der Waals surface area contributed by atoms with E-state index in [-0.39, 0.29) is 40.2 Å². The average molecular weight is 594 g/mol. The first-order valence-corrected chi connectivity index (χ1v) is 12.3. The Morgan fingerprint density at radius 1 is 0.714 bits per heavy atom. The largest absolute Gasteiger partial charge is 0.423 e. The van der Waals surface area contributed by atoms with Gasteiger partial charge in [-0.1, -0.05) is 25.5 Å². The molecule has 0 aliphatic carbocycles. The van der Waals surface area contributed by atoms with Crippen molar-refractivity contribution in [2.24, 2.45) is 0 Å². The fraction of sp³-hybridized carbons (Fsp3) is 0.129. The number of carbonyl (C=O) groups is 1. The lowest BCUT2D eigenvalue weighted by molar-refractivity contribution is -0.0790. The molecule has 0 unspecified atom stereocenters. The highest BCUT2D eigenvalue weighted by atomic mass is 19.4. The van der Waals surface area contributed by atoms with E-state index in [0.29, 0.717) is 30.5 Å². The SMILES string of the molecule is CCCc1cc(F)c(C(=O)Oc2ccc(-c3ccc(-c4cc(F)c(/C=C/C(F)(F)F)c(F)c4)c(F)c3)c(F)c2)c(F)c1. The van der Waals surface area contributed by atoms with E-state index < -0.39 is 58.2 Å². The topological polar surface area (TPSA) is 26.3 Å². The van der Waals surface area contributed by atoms with Gasteiger partial charge in [-0.3, -0.25) is 0 Å². The Hall–Kier alpha value is -4.54. The van der Waals surface area contributed by atoms with E-state index in [4.69, 9.17) is 4.74 Å². The van der Waals surface area contributed by atoms with Crippen molar-refractivity contribution >= 4 is 12.0 Å². The highest BCUT2D eigenvalue weighted by molar-refractivity contribution is 5.91. The Bertz CT molecular complexity index is 1640. The van der Waals surface area contributed by atoms with Gasteiger partial charge >= 0.3 is 12.1 Å². The van der Waals surface area contributed by atoms with Crippen LogP contribution in [0.4, 0.5) is 39.5 Å². The van der Waals surface area contributed by atoms with Gasteiger partial charge in [0.2, 0.25) is 0 Å². The molecular weight excluding hydrogens is 575 g/mol. The molecule has 42 heavy (non-hydrogen) atoms. The first-order valence-electron chi connectivity index (χ1n) is 12.3. The van der Waals surface area contributed by atoms with E-state index in [1.165, 1.54) is 6.07 Å². The molecule has 0 atom stereocenters. The highest BCUT2D eigenvalue weighted by Crippen LogP contribution is 2.33. The van der Waals surface area contributed by atoms with E-state index in [1.807, 2.05) is 6.92 Å². The van der Waals surface area contributed by atoms with E-state index in [0.717, 1.165) is 42.5 Å².